The molecule has 2 rings (SSSR count). The Balaban J connectivity index is 2.19. The van der Waals surface area contributed by atoms with Gasteiger partial charge in [0.15, 0.2) is 0 Å². The number of fused-ring (bicyclic) bond motifs is 1. The Kier molecular flexibility index (Phi) is 3.40. The van der Waals surface area contributed by atoms with Gasteiger partial charge in [-0.2, -0.15) is 0 Å². The summed E-state index contributed by atoms with van der Waals surface area (Å²) < 4.78 is 8.28. The minimum absolute atomic E-state index is 0.0366. The first-order valence-corrected chi connectivity index (χ1v) is 6.79. The largest absolute Gasteiger partial charge is 0.444 e. The maximum absolute atomic E-state index is 12.1. The quantitative estimate of drug-likeness (QED) is 0.739. The second kappa shape index (κ2) is 4.57. The van der Waals surface area contributed by atoms with E-state index in [0.717, 1.165) is 16.8 Å². The summed E-state index contributed by atoms with van der Waals surface area (Å²) in [5.74, 6) is 0. The van der Waals surface area contributed by atoms with Gasteiger partial charge in [0, 0.05) is 13.1 Å². The third-order valence-electron chi connectivity index (χ3n) is 2.90. The fraction of sp³-hybridized carbons (Fsp3) is 0.667. The maximum atomic E-state index is 12.1. The van der Waals surface area contributed by atoms with Crippen molar-refractivity contribution in [2.75, 3.05) is 6.54 Å². The lowest BCUT2D eigenvalue weighted by Gasteiger charge is -2.35. The van der Waals surface area contributed by atoms with Crippen molar-refractivity contribution in [2.24, 2.45) is 0 Å². The molecule has 0 spiro atoms. The molecule has 0 unspecified atom stereocenters. The molecule has 1 aromatic rings. The van der Waals surface area contributed by atoms with Crippen molar-refractivity contribution in [1.82, 2.24) is 14.5 Å². The molecule has 0 aromatic carbocycles. The normalized spacial score (nSPS) is 19.6. The Morgan fingerprint density at radius 1 is 1.50 bits per heavy atom. The van der Waals surface area contributed by atoms with Crippen molar-refractivity contribution in [3.63, 3.8) is 0 Å². The van der Waals surface area contributed by atoms with Gasteiger partial charge in [-0.1, -0.05) is 0 Å². The highest BCUT2D eigenvalue weighted by Crippen LogP contribution is 2.31. The molecule has 1 atom stereocenters. The van der Waals surface area contributed by atoms with E-state index >= 15 is 0 Å². The SMILES string of the molecule is C[C@H]1c2c(Br)ncn2CCN1C(=O)OC(C)(C)C. The van der Waals surface area contributed by atoms with Crippen molar-refractivity contribution in [3.05, 3.63) is 16.6 Å². The number of imidazole rings is 1. The Bertz CT molecular complexity index is 464. The summed E-state index contributed by atoms with van der Waals surface area (Å²) in [6.07, 6.45) is 1.52. The second-order valence-corrected chi connectivity index (χ2v) is 6.21. The van der Waals surface area contributed by atoms with Gasteiger partial charge in [0.05, 0.1) is 18.1 Å². The molecule has 18 heavy (non-hydrogen) atoms. The van der Waals surface area contributed by atoms with E-state index in [1.54, 1.807) is 11.2 Å². The first kappa shape index (κ1) is 13.4. The van der Waals surface area contributed by atoms with Crippen molar-refractivity contribution in [2.45, 2.75) is 45.9 Å². The van der Waals surface area contributed by atoms with E-state index in [9.17, 15) is 4.79 Å². The molecular weight excluding hydrogens is 298 g/mol. The van der Waals surface area contributed by atoms with Crippen LogP contribution in [0.5, 0.6) is 0 Å². The fourth-order valence-corrected chi connectivity index (χ4v) is 2.74. The van der Waals surface area contributed by atoms with Crippen LogP contribution < -0.4 is 0 Å². The summed E-state index contributed by atoms with van der Waals surface area (Å²) in [7, 11) is 0. The molecule has 0 bridgehead atoms. The van der Waals surface area contributed by atoms with Crippen LogP contribution in [0.2, 0.25) is 0 Å². The summed E-state index contributed by atoms with van der Waals surface area (Å²) in [6, 6.07) is -0.0366. The standard InChI is InChI=1S/C12H18BrN3O2/c1-8-9-10(13)14-7-15(9)5-6-16(8)11(17)18-12(2,3)4/h7-8H,5-6H2,1-4H3/t8-/m0/s1. The molecule has 0 saturated heterocycles. The zero-order chi connectivity index (χ0) is 13.5. The molecule has 0 fully saturated rings. The maximum Gasteiger partial charge on any atom is 0.410 e. The van der Waals surface area contributed by atoms with Gasteiger partial charge in [0.1, 0.15) is 10.2 Å². The number of halogens is 1. The van der Waals surface area contributed by atoms with E-state index in [4.69, 9.17) is 4.74 Å². The van der Waals surface area contributed by atoms with Gasteiger partial charge in [-0.25, -0.2) is 9.78 Å². The molecular formula is C12H18BrN3O2. The molecule has 1 amide bonds. The third-order valence-corrected chi connectivity index (χ3v) is 3.52. The predicted molar refractivity (Wildman–Crippen MR) is 71.3 cm³/mol. The minimum atomic E-state index is -0.467. The fourth-order valence-electron chi connectivity index (χ4n) is 2.08. The van der Waals surface area contributed by atoms with Crippen LogP contribution in [-0.2, 0) is 11.3 Å². The number of carbonyl (C=O) groups excluding carboxylic acids is 1. The molecule has 0 aliphatic carbocycles. The molecule has 0 radical (unpaired) electrons. The monoisotopic (exact) mass is 315 g/mol. The summed E-state index contributed by atoms with van der Waals surface area (Å²) in [4.78, 5) is 18.1. The number of hydrogen-bond acceptors (Lipinski definition) is 3. The highest BCUT2D eigenvalue weighted by Gasteiger charge is 2.32. The van der Waals surface area contributed by atoms with Crippen LogP contribution in [0.3, 0.4) is 0 Å². The van der Waals surface area contributed by atoms with Crippen LogP contribution in [0.15, 0.2) is 10.9 Å². The van der Waals surface area contributed by atoms with Crippen LogP contribution in [-0.4, -0.2) is 32.7 Å². The van der Waals surface area contributed by atoms with Crippen molar-refractivity contribution < 1.29 is 9.53 Å². The lowest BCUT2D eigenvalue weighted by Crippen LogP contribution is -2.43. The second-order valence-electron chi connectivity index (χ2n) is 5.46. The zero-order valence-corrected chi connectivity index (χ0v) is 12.7. The van der Waals surface area contributed by atoms with E-state index in [2.05, 4.69) is 25.5 Å². The Morgan fingerprint density at radius 2 is 2.17 bits per heavy atom. The van der Waals surface area contributed by atoms with Crippen LogP contribution in [0.25, 0.3) is 0 Å². The molecule has 1 aromatic heterocycles. The van der Waals surface area contributed by atoms with Crippen molar-refractivity contribution in [1.29, 1.82) is 0 Å². The van der Waals surface area contributed by atoms with E-state index in [0.29, 0.717) is 6.54 Å². The van der Waals surface area contributed by atoms with Gasteiger partial charge in [0.25, 0.3) is 0 Å². The van der Waals surface area contributed by atoms with Crippen LogP contribution >= 0.6 is 15.9 Å². The Labute approximate surface area is 115 Å². The van der Waals surface area contributed by atoms with Gasteiger partial charge >= 0.3 is 6.09 Å². The molecule has 6 heteroatoms. The van der Waals surface area contributed by atoms with Crippen molar-refractivity contribution >= 4 is 22.0 Å². The van der Waals surface area contributed by atoms with E-state index < -0.39 is 5.60 Å². The number of amides is 1. The number of hydrogen-bond donors (Lipinski definition) is 0. The van der Waals surface area contributed by atoms with Crippen molar-refractivity contribution in [3.8, 4) is 0 Å². The first-order chi connectivity index (χ1) is 8.29. The molecule has 0 saturated carbocycles. The highest BCUT2D eigenvalue weighted by atomic mass is 79.9. The van der Waals surface area contributed by atoms with E-state index in [1.165, 1.54) is 0 Å². The number of carbonyl (C=O) groups is 1. The van der Waals surface area contributed by atoms with Gasteiger partial charge in [-0.3, -0.25) is 4.90 Å². The van der Waals surface area contributed by atoms with E-state index in [1.807, 2.05) is 27.7 Å². The average molecular weight is 316 g/mol. The Hall–Kier alpha value is -1.04. The number of aromatic nitrogens is 2. The number of rotatable bonds is 0. The van der Waals surface area contributed by atoms with Gasteiger partial charge in [-0.05, 0) is 43.6 Å². The summed E-state index contributed by atoms with van der Waals surface area (Å²) in [6.45, 7) is 9.00. The van der Waals surface area contributed by atoms with Crippen LogP contribution in [0, 0.1) is 0 Å². The lowest BCUT2D eigenvalue weighted by molar-refractivity contribution is 0.0126. The molecule has 2 heterocycles. The average Bonchev–Trinajstić information content (AvgIpc) is 2.58. The van der Waals surface area contributed by atoms with Gasteiger partial charge < -0.3 is 9.30 Å². The molecule has 5 nitrogen and oxygen atoms in total. The van der Waals surface area contributed by atoms with Crippen LogP contribution in [0.4, 0.5) is 4.79 Å². The lowest BCUT2D eigenvalue weighted by atomic mass is 10.1. The first-order valence-electron chi connectivity index (χ1n) is 6.00. The topological polar surface area (TPSA) is 47.4 Å². The summed E-state index contributed by atoms with van der Waals surface area (Å²) in [5, 5.41) is 0. The molecule has 1 aliphatic rings. The van der Waals surface area contributed by atoms with E-state index in [-0.39, 0.29) is 12.1 Å². The summed E-state index contributed by atoms with van der Waals surface area (Å²) >= 11 is 3.42. The minimum Gasteiger partial charge on any atom is -0.444 e. The third kappa shape index (κ3) is 2.53. The zero-order valence-electron chi connectivity index (χ0n) is 11.1. The molecule has 0 N–H and O–H groups in total. The summed E-state index contributed by atoms with van der Waals surface area (Å²) in [5.41, 5.74) is 0.554. The Morgan fingerprint density at radius 3 is 2.78 bits per heavy atom. The smallest absolute Gasteiger partial charge is 0.410 e. The van der Waals surface area contributed by atoms with Gasteiger partial charge in [0.2, 0.25) is 0 Å². The number of nitrogens with zero attached hydrogens (tertiary/aromatic N) is 3. The predicted octanol–water partition coefficient (Wildman–Crippen LogP) is 2.96. The number of ether oxygens (including phenoxy) is 1. The molecule has 1 aliphatic heterocycles. The van der Waals surface area contributed by atoms with Gasteiger partial charge in [-0.15, -0.1) is 0 Å². The highest BCUT2D eigenvalue weighted by molar-refractivity contribution is 9.10. The van der Waals surface area contributed by atoms with Crippen LogP contribution in [0.1, 0.15) is 39.4 Å². The molecule has 100 valence electrons.